The van der Waals surface area contributed by atoms with E-state index in [0.29, 0.717) is 31.1 Å². The van der Waals surface area contributed by atoms with Gasteiger partial charge < -0.3 is 10.1 Å². The Balaban J connectivity index is 1.54. The van der Waals surface area contributed by atoms with Crippen LogP contribution < -0.4 is 20.3 Å². The van der Waals surface area contributed by atoms with Crippen molar-refractivity contribution in [3.8, 4) is 11.4 Å². The first-order valence-corrected chi connectivity index (χ1v) is 11.8. The molecule has 32 heavy (non-hydrogen) atoms. The number of pyridine rings is 1. The van der Waals surface area contributed by atoms with Gasteiger partial charge in [-0.1, -0.05) is 23.2 Å². The number of ether oxygens (including phenoxy) is 1. The van der Waals surface area contributed by atoms with Gasteiger partial charge in [-0.2, -0.15) is 0 Å². The van der Waals surface area contributed by atoms with Crippen LogP contribution in [0.1, 0.15) is 0 Å². The number of anilines is 1. The topological polar surface area (TPSA) is 89.4 Å². The summed E-state index contributed by atoms with van der Waals surface area (Å²) < 4.78 is 22.0. The Labute approximate surface area is 199 Å². The van der Waals surface area contributed by atoms with Crippen LogP contribution in [0.5, 0.6) is 5.75 Å². The van der Waals surface area contributed by atoms with Crippen LogP contribution in [-0.4, -0.2) is 21.9 Å². The quantitative estimate of drug-likeness (QED) is 0.387. The van der Waals surface area contributed by atoms with Crippen LogP contribution in [-0.2, 0) is 11.0 Å². The van der Waals surface area contributed by atoms with Crippen LogP contribution in [0.3, 0.4) is 0 Å². The van der Waals surface area contributed by atoms with E-state index in [9.17, 15) is 13.8 Å². The van der Waals surface area contributed by atoms with Crippen molar-refractivity contribution in [2.45, 2.75) is 4.21 Å². The van der Waals surface area contributed by atoms with Gasteiger partial charge >= 0.3 is 6.03 Å². The molecule has 2 aromatic heterocycles. The van der Waals surface area contributed by atoms with Crippen LogP contribution in [0, 0.1) is 0 Å². The fraction of sp³-hybridized carbons (Fsp3) is 0.0476. The Kier molecular flexibility index (Phi) is 6.52. The minimum Gasteiger partial charge on any atom is -0.497 e. The molecule has 0 aliphatic heterocycles. The number of hydrogen-bond donors (Lipinski definition) is 2. The molecule has 7 nitrogen and oxygen atoms in total. The first kappa shape index (κ1) is 22.3. The lowest BCUT2D eigenvalue weighted by atomic mass is 10.1. The molecule has 2 aromatic carbocycles. The van der Waals surface area contributed by atoms with Crippen LogP contribution in [0.25, 0.3) is 16.5 Å². The fourth-order valence-corrected chi connectivity index (χ4v) is 5.41. The van der Waals surface area contributed by atoms with Gasteiger partial charge in [-0.3, -0.25) is 14.1 Å². The van der Waals surface area contributed by atoms with E-state index in [2.05, 4.69) is 10.0 Å². The summed E-state index contributed by atoms with van der Waals surface area (Å²) in [6.07, 6.45) is 1.63. The second-order valence-corrected chi connectivity index (χ2v) is 10.1. The zero-order valence-corrected chi connectivity index (χ0v) is 19.6. The average molecular weight is 508 g/mol. The highest BCUT2D eigenvalue weighted by Gasteiger charge is 2.13. The second-order valence-electron chi connectivity index (χ2n) is 6.49. The third kappa shape index (κ3) is 4.66. The van der Waals surface area contributed by atoms with Crippen LogP contribution in [0.2, 0.25) is 9.36 Å². The number of amides is 2. The first-order chi connectivity index (χ1) is 15.4. The van der Waals surface area contributed by atoms with Crippen LogP contribution in [0.4, 0.5) is 10.5 Å². The maximum atomic E-state index is 12.9. The molecule has 0 bridgehead atoms. The smallest absolute Gasteiger partial charge is 0.331 e. The summed E-state index contributed by atoms with van der Waals surface area (Å²) in [6.45, 7) is 0. The number of hydrogen-bond acceptors (Lipinski definition) is 5. The van der Waals surface area contributed by atoms with Crippen molar-refractivity contribution in [1.82, 2.24) is 9.29 Å². The van der Waals surface area contributed by atoms with E-state index in [-0.39, 0.29) is 10.6 Å². The standard InChI is InChI=1S/C21H15Cl2N3O4S2/c1-30-14-3-4-15-12(10-14)8-9-26(20(15)27)17-5-2-13(11-16(17)22)24-21(28)25-32(29)19-7-6-18(23)31-19/h2-11H,1H3,(H2,24,25,28). The number of aromatic nitrogens is 1. The third-order valence-electron chi connectivity index (χ3n) is 4.49. The molecule has 11 heteroatoms. The molecule has 2 heterocycles. The zero-order valence-electron chi connectivity index (χ0n) is 16.4. The van der Waals surface area contributed by atoms with Gasteiger partial charge in [0.15, 0.2) is 11.0 Å². The maximum absolute atomic E-state index is 12.9. The number of carbonyl (C=O) groups excluding carboxylic acids is 1. The van der Waals surface area contributed by atoms with Crippen molar-refractivity contribution in [3.05, 3.63) is 80.5 Å². The number of urea groups is 1. The highest BCUT2D eigenvalue weighted by Crippen LogP contribution is 2.26. The molecule has 1 atom stereocenters. The van der Waals surface area contributed by atoms with E-state index in [4.69, 9.17) is 27.9 Å². The summed E-state index contributed by atoms with van der Waals surface area (Å²) in [6, 6.07) is 14.2. The van der Waals surface area contributed by atoms with E-state index in [1.165, 1.54) is 10.6 Å². The summed E-state index contributed by atoms with van der Waals surface area (Å²) >= 11 is 13.3. The molecule has 2 N–H and O–H groups in total. The Morgan fingerprint density at radius 1 is 1.09 bits per heavy atom. The molecular formula is C21H15Cl2N3O4S2. The molecular weight excluding hydrogens is 493 g/mol. The molecule has 4 rings (SSSR count). The minimum absolute atomic E-state index is 0.240. The summed E-state index contributed by atoms with van der Waals surface area (Å²) in [5.41, 5.74) is 0.587. The number of nitrogens with zero attached hydrogens (tertiary/aromatic N) is 1. The summed E-state index contributed by atoms with van der Waals surface area (Å²) in [5.74, 6) is 0.657. The molecule has 2 amide bonds. The number of halogens is 2. The molecule has 0 saturated carbocycles. The molecule has 0 aliphatic carbocycles. The van der Waals surface area contributed by atoms with Gasteiger partial charge in [0.05, 0.1) is 22.2 Å². The van der Waals surface area contributed by atoms with Crippen molar-refractivity contribution >= 4 is 68.0 Å². The molecule has 0 radical (unpaired) electrons. The fourth-order valence-electron chi connectivity index (χ4n) is 3.01. The van der Waals surface area contributed by atoms with E-state index in [1.54, 1.807) is 61.8 Å². The number of thiophene rings is 1. The predicted octanol–water partition coefficient (Wildman–Crippen LogP) is 5.21. The van der Waals surface area contributed by atoms with Gasteiger partial charge in [0.25, 0.3) is 5.56 Å². The van der Waals surface area contributed by atoms with Crippen molar-refractivity contribution in [3.63, 3.8) is 0 Å². The Hall–Kier alpha value is -2.85. The highest BCUT2D eigenvalue weighted by atomic mass is 35.5. The molecule has 0 fully saturated rings. The van der Waals surface area contributed by atoms with Crippen LogP contribution >= 0.6 is 34.5 Å². The lowest BCUT2D eigenvalue weighted by Crippen LogP contribution is -2.30. The number of nitrogens with one attached hydrogen (secondary N) is 2. The lowest BCUT2D eigenvalue weighted by Gasteiger charge is -2.12. The van der Waals surface area contributed by atoms with E-state index < -0.39 is 17.0 Å². The van der Waals surface area contributed by atoms with E-state index in [1.807, 2.05) is 0 Å². The Morgan fingerprint density at radius 3 is 2.59 bits per heavy atom. The van der Waals surface area contributed by atoms with Crippen molar-refractivity contribution in [1.29, 1.82) is 0 Å². The summed E-state index contributed by atoms with van der Waals surface area (Å²) in [7, 11) is -0.177. The normalized spacial score (nSPS) is 11.8. The Morgan fingerprint density at radius 2 is 1.91 bits per heavy atom. The third-order valence-corrected chi connectivity index (χ3v) is 7.40. The van der Waals surface area contributed by atoms with Gasteiger partial charge in [0.2, 0.25) is 0 Å². The zero-order chi connectivity index (χ0) is 22.8. The van der Waals surface area contributed by atoms with Crippen molar-refractivity contribution in [2.24, 2.45) is 0 Å². The number of fused-ring (bicyclic) bond motifs is 1. The summed E-state index contributed by atoms with van der Waals surface area (Å²) in [5, 5.41) is 4.09. The Bertz CT molecular complexity index is 1420. The highest BCUT2D eigenvalue weighted by molar-refractivity contribution is 7.86. The average Bonchev–Trinajstić information content (AvgIpc) is 3.21. The van der Waals surface area contributed by atoms with E-state index in [0.717, 1.165) is 16.7 Å². The van der Waals surface area contributed by atoms with Gasteiger partial charge in [0.1, 0.15) is 9.96 Å². The molecule has 4 aromatic rings. The SMILES string of the molecule is COc1ccc2c(=O)n(-c3ccc(NC(=O)NS(=O)c4ccc(Cl)s4)cc3Cl)ccc2c1. The van der Waals surface area contributed by atoms with Gasteiger partial charge in [0, 0.05) is 17.3 Å². The number of benzene rings is 2. The number of rotatable bonds is 5. The molecule has 0 spiro atoms. The number of carbonyl (C=O) groups is 1. The van der Waals surface area contributed by atoms with Crippen molar-refractivity contribution in [2.75, 3.05) is 12.4 Å². The molecule has 1 unspecified atom stereocenters. The lowest BCUT2D eigenvalue weighted by molar-refractivity contribution is 0.257. The first-order valence-electron chi connectivity index (χ1n) is 9.10. The monoisotopic (exact) mass is 507 g/mol. The molecule has 164 valence electrons. The number of methoxy groups -OCH3 is 1. The maximum Gasteiger partial charge on any atom is 0.331 e. The van der Waals surface area contributed by atoms with Crippen molar-refractivity contribution < 1.29 is 13.7 Å². The van der Waals surface area contributed by atoms with Crippen LogP contribution in [0.15, 0.2) is 69.8 Å². The van der Waals surface area contributed by atoms with Gasteiger partial charge in [-0.15, -0.1) is 11.3 Å². The predicted molar refractivity (Wildman–Crippen MR) is 129 cm³/mol. The second kappa shape index (κ2) is 9.33. The van der Waals surface area contributed by atoms with E-state index >= 15 is 0 Å². The summed E-state index contributed by atoms with van der Waals surface area (Å²) in [4.78, 5) is 25.1. The molecule has 0 saturated heterocycles. The largest absolute Gasteiger partial charge is 0.497 e. The minimum atomic E-state index is -1.74. The van der Waals surface area contributed by atoms with Gasteiger partial charge in [-0.25, -0.2) is 9.00 Å². The van der Waals surface area contributed by atoms with Gasteiger partial charge in [-0.05, 0) is 60.0 Å². The molecule has 0 aliphatic rings.